The minimum Gasteiger partial charge on any atom is -0.378 e. The molecule has 0 N–H and O–H groups in total. The smallest absolute Gasteiger partial charge is 0.135 e. The molecule has 1 nitrogen and oxygen atoms in total. The van der Waals surface area contributed by atoms with Gasteiger partial charge in [0, 0.05) is 5.41 Å². The van der Waals surface area contributed by atoms with Gasteiger partial charge in [0.15, 0.2) is 0 Å². The highest BCUT2D eigenvalue weighted by Gasteiger charge is 2.60. The van der Waals surface area contributed by atoms with E-state index in [4.69, 9.17) is 4.74 Å². The zero-order valence-corrected chi connectivity index (χ0v) is 7.19. The zero-order valence-electron chi connectivity index (χ0n) is 7.19. The molecule has 1 saturated carbocycles. The molecule has 0 unspecified atom stereocenters. The summed E-state index contributed by atoms with van der Waals surface area (Å²) in [6, 6.07) is 0. The average Bonchev–Trinajstić information content (AvgIpc) is 1.85. The van der Waals surface area contributed by atoms with E-state index in [9.17, 15) is 4.39 Å². The molecule has 3 rings (SSSR count). The quantitative estimate of drug-likeness (QED) is 0.568. The van der Waals surface area contributed by atoms with E-state index in [1.54, 1.807) is 0 Å². The predicted molar refractivity (Wildman–Crippen MR) is 41.2 cm³/mol. The molecule has 0 atom stereocenters. The van der Waals surface area contributed by atoms with Gasteiger partial charge in [-0.25, -0.2) is 4.39 Å². The van der Waals surface area contributed by atoms with E-state index in [1.165, 1.54) is 0 Å². The van der Waals surface area contributed by atoms with Gasteiger partial charge in [0.25, 0.3) is 0 Å². The minimum absolute atomic E-state index is 0.188. The van der Waals surface area contributed by atoms with Crippen LogP contribution in [0.5, 0.6) is 0 Å². The molecule has 11 heavy (non-hydrogen) atoms. The third-order valence-corrected chi connectivity index (χ3v) is 3.31. The van der Waals surface area contributed by atoms with Crippen LogP contribution >= 0.6 is 0 Å². The molecule has 0 amide bonds. The normalized spacial score (nSPS) is 49.1. The van der Waals surface area contributed by atoms with Gasteiger partial charge in [-0.15, -0.1) is 0 Å². The Hall–Kier alpha value is -0.110. The van der Waals surface area contributed by atoms with Crippen LogP contribution in [0.3, 0.4) is 0 Å². The molecular weight excluding hydrogens is 143 g/mol. The highest BCUT2D eigenvalue weighted by Crippen LogP contribution is 2.58. The molecular formula is C9H15FO. The topological polar surface area (TPSA) is 9.23 Å². The third-order valence-electron chi connectivity index (χ3n) is 3.31. The Morgan fingerprint density at radius 3 is 2.27 bits per heavy atom. The lowest BCUT2D eigenvalue weighted by Crippen LogP contribution is -2.61. The van der Waals surface area contributed by atoms with Crippen molar-refractivity contribution in [3.05, 3.63) is 0 Å². The van der Waals surface area contributed by atoms with Crippen molar-refractivity contribution in [1.29, 1.82) is 0 Å². The average molecular weight is 158 g/mol. The first-order chi connectivity index (χ1) is 5.06. The Morgan fingerprint density at radius 2 is 1.91 bits per heavy atom. The number of rotatable bonds is 1. The summed E-state index contributed by atoms with van der Waals surface area (Å²) in [4.78, 5) is 0. The van der Waals surface area contributed by atoms with Gasteiger partial charge in [-0.05, 0) is 18.8 Å². The lowest BCUT2D eigenvalue weighted by atomic mass is 9.54. The molecule has 64 valence electrons. The standard InChI is InChI=1S/C9H15FO/c1-7(2)8-3-9(10,4-8)6-11-5-8/h7H,3-6H2,1-2H3. The summed E-state index contributed by atoms with van der Waals surface area (Å²) in [7, 11) is 0. The van der Waals surface area contributed by atoms with Gasteiger partial charge >= 0.3 is 0 Å². The molecule has 0 aromatic rings. The molecule has 0 radical (unpaired) electrons. The van der Waals surface area contributed by atoms with E-state index in [0.29, 0.717) is 12.5 Å². The maximum atomic E-state index is 13.4. The van der Waals surface area contributed by atoms with E-state index in [1.807, 2.05) is 0 Å². The number of fused-ring (bicyclic) bond motifs is 2. The Morgan fingerprint density at radius 1 is 1.27 bits per heavy atom. The summed E-state index contributed by atoms with van der Waals surface area (Å²) in [5.41, 5.74) is -0.768. The molecule has 1 aliphatic carbocycles. The number of halogens is 1. The van der Waals surface area contributed by atoms with Gasteiger partial charge in [0.05, 0.1) is 13.2 Å². The van der Waals surface area contributed by atoms with Crippen molar-refractivity contribution in [2.24, 2.45) is 11.3 Å². The van der Waals surface area contributed by atoms with Crippen molar-refractivity contribution in [1.82, 2.24) is 0 Å². The molecule has 2 bridgehead atoms. The Balaban J connectivity index is 2.10. The van der Waals surface area contributed by atoms with E-state index < -0.39 is 5.67 Å². The minimum atomic E-state index is -0.956. The summed E-state index contributed by atoms with van der Waals surface area (Å²) < 4.78 is 18.6. The largest absolute Gasteiger partial charge is 0.378 e. The monoisotopic (exact) mass is 158 g/mol. The van der Waals surface area contributed by atoms with Crippen LogP contribution in [-0.2, 0) is 4.74 Å². The number of hydrogen-bond acceptors (Lipinski definition) is 1. The highest BCUT2D eigenvalue weighted by atomic mass is 19.1. The second-order valence-corrected chi connectivity index (χ2v) is 4.51. The fraction of sp³-hybridized carbons (Fsp3) is 1.00. The van der Waals surface area contributed by atoms with E-state index in [2.05, 4.69) is 13.8 Å². The molecule has 3 fully saturated rings. The van der Waals surface area contributed by atoms with Crippen LogP contribution in [-0.4, -0.2) is 18.9 Å². The van der Waals surface area contributed by atoms with Crippen molar-refractivity contribution in [3.8, 4) is 0 Å². The van der Waals surface area contributed by atoms with Crippen LogP contribution in [0.15, 0.2) is 0 Å². The molecule has 2 heterocycles. The first-order valence-electron chi connectivity index (χ1n) is 4.33. The van der Waals surface area contributed by atoms with Crippen molar-refractivity contribution in [2.75, 3.05) is 13.2 Å². The van der Waals surface area contributed by atoms with Crippen molar-refractivity contribution in [2.45, 2.75) is 32.4 Å². The fourth-order valence-electron chi connectivity index (χ4n) is 2.43. The van der Waals surface area contributed by atoms with Gasteiger partial charge in [0.1, 0.15) is 5.67 Å². The molecule has 2 saturated heterocycles. The SMILES string of the molecule is CC(C)C12COCC(F)(C1)C2. The van der Waals surface area contributed by atoms with Crippen molar-refractivity contribution < 1.29 is 9.13 Å². The number of ether oxygens (including phenoxy) is 1. The van der Waals surface area contributed by atoms with Gasteiger partial charge in [0.2, 0.25) is 0 Å². The van der Waals surface area contributed by atoms with Crippen molar-refractivity contribution in [3.63, 3.8) is 0 Å². The molecule has 2 heteroatoms. The van der Waals surface area contributed by atoms with Crippen LogP contribution < -0.4 is 0 Å². The van der Waals surface area contributed by atoms with Crippen LogP contribution in [0.4, 0.5) is 4.39 Å². The number of hydrogen-bond donors (Lipinski definition) is 0. The summed E-state index contributed by atoms with van der Waals surface area (Å²) >= 11 is 0. The van der Waals surface area contributed by atoms with Gasteiger partial charge < -0.3 is 4.74 Å². The summed E-state index contributed by atoms with van der Waals surface area (Å²) in [5, 5.41) is 0. The van der Waals surface area contributed by atoms with E-state index >= 15 is 0 Å². The molecule has 3 aliphatic rings. The van der Waals surface area contributed by atoms with Crippen LogP contribution in [0.25, 0.3) is 0 Å². The highest BCUT2D eigenvalue weighted by molar-refractivity contribution is 5.08. The Kier molecular flexibility index (Phi) is 1.35. The number of alkyl halides is 1. The molecule has 0 spiro atoms. The van der Waals surface area contributed by atoms with Crippen LogP contribution in [0, 0.1) is 11.3 Å². The zero-order chi connectivity index (χ0) is 8.11. The van der Waals surface area contributed by atoms with E-state index in [0.717, 1.165) is 19.4 Å². The second kappa shape index (κ2) is 1.98. The maximum absolute atomic E-state index is 13.4. The lowest BCUT2D eigenvalue weighted by Gasteiger charge is -2.58. The Labute approximate surface area is 66.9 Å². The lowest BCUT2D eigenvalue weighted by molar-refractivity contribution is -0.218. The van der Waals surface area contributed by atoms with Crippen LogP contribution in [0.1, 0.15) is 26.7 Å². The third kappa shape index (κ3) is 0.919. The van der Waals surface area contributed by atoms with E-state index in [-0.39, 0.29) is 5.41 Å². The molecule has 2 aliphatic heterocycles. The van der Waals surface area contributed by atoms with Gasteiger partial charge in [-0.2, -0.15) is 0 Å². The summed E-state index contributed by atoms with van der Waals surface area (Å²) in [5.74, 6) is 0.562. The maximum Gasteiger partial charge on any atom is 0.135 e. The predicted octanol–water partition coefficient (Wildman–Crippen LogP) is 2.16. The van der Waals surface area contributed by atoms with Gasteiger partial charge in [-0.1, -0.05) is 13.8 Å². The van der Waals surface area contributed by atoms with Crippen molar-refractivity contribution >= 4 is 0 Å². The second-order valence-electron chi connectivity index (χ2n) is 4.51. The summed E-state index contributed by atoms with van der Waals surface area (Å²) in [6.45, 7) is 5.43. The Bertz CT molecular complexity index is 170. The first kappa shape index (κ1) is 7.53. The summed E-state index contributed by atoms with van der Waals surface area (Å²) in [6.07, 6.45) is 1.47. The fourth-order valence-corrected chi connectivity index (χ4v) is 2.43. The van der Waals surface area contributed by atoms with Crippen LogP contribution in [0.2, 0.25) is 0 Å². The first-order valence-corrected chi connectivity index (χ1v) is 4.33. The van der Waals surface area contributed by atoms with Gasteiger partial charge in [-0.3, -0.25) is 0 Å². The molecule has 0 aromatic heterocycles. The molecule has 0 aromatic carbocycles.